The van der Waals surface area contributed by atoms with Crippen LogP contribution in [0.5, 0.6) is 0 Å². The normalized spacial score (nSPS) is 11.3. The van der Waals surface area contributed by atoms with Gasteiger partial charge in [0.15, 0.2) is 13.5 Å². The molecule has 0 bridgehead atoms. The van der Waals surface area contributed by atoms with Crippen LogP contribution in [0, 0.1) is 0 Å². The molecule has 2 rings (SSSR count). The second-order valence-corrected chi connectivity index (χ2v) is 7.23. The van der Waals surface area contributed by atoms with E-state index in [9.17, 15) is 14.8 Å². The summed E-state index contributed by atoms with van der Waals surface area (Å²) in [6.07, 6.45) is 0. The molecule has 7 nitrogen and oxygen atoms in total. The molecule has 0 amide bonds. The number of hydrogen-bond acceptors (Lipinski definition) is 7. The van der Waals surface area contributed by atoms with E-state index in [2.05, 4.69) is 0 Å². The van der Waals surface area contributed by atoms with Crippen LogP contribution in [-0.2, 0) is 26.7 Å². The Bertz CT molecular complexity index is 617. The summed E-state index contributed by atoms with van der Waals surface area (Å²) in [6, 6.07) is 19.6. The maximum absolute atomic E-state index is 12.1. The summed E-state index contributed by atoms with van der Waals surface area (Å²) in [5.74, 6) is 0. The van der Waals surface area contributed by atoms with Crippen LogP contribution < -0.4 is 0 Å². The highest BCUT2D eigenvalue weighted by Gasteiger charge is 2.24. The summed E-state index contributed by atoms with van der Waals surface area (Å²) in [4.78, 5) is 3.70. The third kappa shape index (κ3) is 8.99. The third-order valence-electron chi connectivity index (χ3n) is 4.02. The second-order valence-electron chi connectivity index (χ2n) is 6.26. The molecule has 0 unspecified atom stereocenters. The molecule has 28 heavy (non-hydrogen) atoms. The van der Waals surface area contributed by atoms with Gasteiger partial charge in [-0.1, -0.05) is 60.7 Å². The van der Waals surface area contributed by atoms with Crippen LogP contribution in [-0.4, -0.2) is 59.8 Å². The molecule has 0 atom stereocenters. The van der Waals surface area contributed by atoms with E-state index in [1.165, 1.54) is 0 Å². The molecule has 0 aromatic heterocycles. The van der Waals surface area contributed by atoms with Crippen LogP contribution in [0.4, 0.5) is 0 Å². The van der Waals surface area contributed by atoms with Crippen molar-refractivity contribution in [2.75, 3.05) is 39.8 Å². The highest BCUT2D eigenvalue weighted by molar-refractivity contribution is 7.33. The van der Waals surface area contributed by atoms with E-state index in [0.29, 0.717) is 26.2 Å². The van der Waals surface area contributed by atoms with Crippen LogP contribution >= 0.6 is 8.25 Å². The van der Waals surface area contributed by atoms with Gasteiger partial charge in [0.05, 0.1) is 13.2 Å². The van der Waals surface area contributed by atoms with Crippen molar-refractivity contribution < 1.29 is 23.8 Å². The number of aliphatic hydroxyl groups is 2. The Kier molecular flexibility index (Phi) is 10.9. The van der Waals surface area contributed by atoms with E-state index < -0.39 is 8.25 Å². The number of nitrogens with zero attached hydrogens (tertiary/aromatic N) is 2. The number of rotatable bonds is 14. The Balaban J connectivity index is 1.77. The molecule has 0 radical (unpaired) electrons. The lowest BCUT2D eigenvalue weighted by atomic mass is 10.2. The minimum absolute atomic E-state index is 0.0187. The van der Waals surface area contributed by atoms with Crippen molar-refractivity contribution in [3.63, 3.8) is 0 Å². The highest BCUT2D eigenvalue weighted by Crippen LogP contribution is 2.25. The number of hydrogen-bond donors (Lipinski definition) is 2. The van der Waals surface area contributed by atoms with Crippen molar-refractivity contribution in [2.45, 2.75) is 13.1 Å². The molecule has 0 aliphatic carbocycles. The SMILES string of the molecule is O=[P+](OCN(CCO)Cc1ccccc1)OCN(CCO)Cc1ccccc1. The number of aliphatic hydroxyl groups excluding tert-OH is 2. The van der Waals surface area contributed by atoms with Crippen molar-refractivity contribution in [2.24, 2.45) is 0 Å². The van der Waals surface area contributed by atoms with Gasteiger partial charge in [0.2, 0.25) is 0 Å². The van der Waals surface area contributed by atoms with Crippen molar-refractivity contribution in [1.82, 2.24) is 9.80 Å². The smallest absolute Gasteiger partial charge is 0.395 e. The Labute approximate surface area is 167 Å². The van der Waals surface area contributed by atoms with E-state index in [-0.39, 0.29) is 26.7 Å². The first-order valence-corrected chi connectivity index (χ1v) is 10.3. The maximum atomic E-state index is 12.1. The lowest BCUT2D eigenvalue weighted by Crippen LogP contribution is -2.29. The molecular formula is C20H28N2O5P+. The quantitative estimate of drug-likeness (QED) is 0.368. The average Bonchev–Trinajstić information content (AvgIpc) is 2.72. The molecule has 0 saturated carbocycles. The van der Waals surface area contributed by atoms with Crippen LogP contribution in [0.3, 0.4) is 0 Å². The predicted octanol–water partition coefficient (Wildman–Crippen LogP) is 2.58. The van der Waals surface area contributed by atoms with Crippen molar-refractivity contribution in [1.29, 1.82) is 0 Å². The zero-order chi connectivity index (χ0) is 20.0. The van der Waals surface area contributed by atoms with Crippen molar-refractivity contribution in [3.05, 3.63) is 71.8 Å². The summed E-state index contributed by atoms with van der Waals surface area (Å²) < 4.78 is 22.7. The summed E-state index contributed by atoms with van der Waals surface area (Å²) in [6.45, 7) is 2.10. The summed E-state index contributed by atoms with van der Waals surface area (Å²) in [7, 11) is -2.31. The molecule has 0 heterocycles. The highest BCUT2D eigenvalue weighted by atomic mass is 31.1. The molecule has 0 aliphatic rings. The lowest BCUT2D eigenvalue weighted by molar-refractivity contribution is 0.0602. The van der Waals surface area contributed by atoms with Crippen molar-refractivity contribution >= 4 is 8.25 Å². The fourth-order valence-electron chi connectivity index (χ4n) is 2.64. The molecule has 2 aromatic rings. The van der Waals surface area contributed by atoms with Gasteiger partial charge < -0.3 is 10.2 Å². The Morgan fingerprint density at radius 3 is 1.46 bits per heavy atom. The fraction of sp³-hybridized carbons (Fsp3) is 0.400. The van der Waals surface area contributed by atoms with Gasteiger partial charge in [0, 0.05) is 30.7 Å². The molecule has 2 aromatic carbocycles. The Hall–Kier alpha value is -1.70. The standard InChI is InChI=1S/C20H28N2O5P/c23-13-11-21(15-19-7-3-1-4-8-19)17-26-28(25)27-18-22(12-14-24)16-20-9-5-2-6-10-20/h1-10,23-24H,11-18H2/q+1. The first-order chi connectivity index (χ1) is 13.7. The van der Waals surface area contributed by atoms with E-state index in [0.717, 1.165) is 11.1 Å². The average molecular weight is 407 g/mol. The molecule has 0 saturated heterocycles. The zero-order valence-electron chi connectivity index (χ0n) is 15.9. The van der Waals surface area contributed by atoms with E-state index in [4.69, 9.17) is 9.05 Å². The van der Waals surface area contributed by atoms with Gasteiger partial charge in [0.25, 0.3) is 0 Å². The minimum Gasteiger partial charge on any atom is -0.395 e. The van der Waals surface area contributed by atoms with Gasteiger partial charge in [-0.25, -0.2) is 0 Å². The lowest BCUT2D eigenvalue weighted by Gasteiger charge is -2.19. The monoisotopic (exact) mass is 407 g/mol. The largest absolute Gasteiger partial charge is 0.700 e. The maximum Gasteiger partial charge on any atom is 0.700 e. The first-order valence-electron chi connectivity index (χ1n) is 9.18. The van der Waals surface area contributed by atoms with E-state index in [1.807, 2.05) is 70.5 Å². The van der Waals surface area contributed by atoms with E-state index in [1.54, 1.807) is 0 Å². The van der Waals surface area contributed by atoms with Crippen molar-refractivity contribution in [3.8, 4) is 0 Å². The minimum atomic E-state index is -2.31. The molecule has 2 N–H and O–H groups in total. The van der Waals surface area contributed by atoms with Gasteiger partial charge in [-0.3, -0.25) is 9.80 Å². The van der Waals surface area contributed by atoms with Crippen LogP contribution in [0.15, 0.2) is 60.7 Å². The molecule has 152 valence electrons. The first kappa shape index (κ1) is 22.6. The third-order valence-corrected chi connectivity index (χ3v) is 4.67. The summed E-state index contributed by atoms with van der Waals surface area (Å²) in [5.41, 5.74) is 2.15. The summed E-state index contributed by atoms with van der Waals surface area (Å²) >= 11 is 0. The molecule has 0 spiro atoms. The summed E-state index contributed by atoms with van der Waals surface area (Å²) in [5, 5.41) is 18.4. The van der Waals surface area contributed by atoms with E-state index >= 15 is 0 Å². The molecular weight excluding hydrogens is 379 g/mol. The molecule has 0 fully saturated rings. The fourth-order valence-corrected chi connectivity index (χ4v) is 3.23. The Morgan fingerprint density at radius 2 is 1.11 bits per heavy atom. The van der Waals surface area contributed by atoms with Crippen LogP contribution in [0.1, 0.15) is 11.1 Å². The second kappa shape index (κ2) is 13.5. The Morgan fingerprint density at radius 1 is 0.714 bits per heavy atom. The zero-order valence-corrected chi connectivity index (χ0v) is 16.8. The molecule has 8 heteroatoms. The predicted molar refractivity (Wildman–Crippen MR) is 107 cm³/mol. The molecule has 0 aliphatic heterocycles. The van der Waals surface area contributed by atoms with Gasteiger partial charge in [-0.2, -0.15) is 0 Å². The van der Waals surface area contributed by atoms with Gasteiger partial charge in [-0.05, 0) is 11.1 Å². The van der Waals surface area contributed by atoms with Gasteiger partial charge in [0.1, 0.15) is 0 Å². The number of benzene rings is 2. The van der Waals surface area contributed by atoms with Gasteiger partial charge in [-0.15, -0.1) is 9.05 Å². The topological polar surface area (TPSA) is 82.5 Å². The van der Waals surface area contributed by atoms with Crippen LogP contribution in [0.25, 0.3) is 0 Å². The van der Waals surface area contributed by atoms with Gasteiger partial charge >= 0.3 is 8.25 Å². The van der Waals surface area contributed by atoms with Crippen LogP contribution in [0.2, 0.25) is 0 Å².